The average Bonchev–Trinajstić information content (AvgIpc) is 3.54. The molecule has 9 aromatic carbocycles. The van der Waals surface area contributed by atoms with E-state index in [2.05, 4.69) is 228 Å². The van der Waals surface area contributed by atoms with Crippen LogP contribution in [0.5, 0.6) is 0 Å². The van der Waals surface area contributed by atoms with Gasteiger partial charge >= 0.3 is 0 Å². The number of para-hydroxylation sites is 4. The fourth-order valence-electron chi connectivity index (χ4n) is 9.13. The molecule has 1 heterocycles. The molecule has 0 saturated carbocycles. The maximum absolute atomic E-state index is 2.48. The summed E-state index contributed by atoms with van der Waals surface area (Å²) in [6.07, 6.45) is 0. The zero-order valence-electron chi connectivity index (χ0n) is 30.6. The van der Waals surface area contributed by atoms with Crippen molar-refractivity contribution in [1.29, 1.82) is 0 Å². The van der Waals surface area contributed by atoms with Gasteiger partial charge in [-0.3, -0.25) is 0 Å². The van der Waals surface area contributed by atoms with E-state index in [1.165, 1.54) is 53.9 Å². The lowest BCUT2D eigenvalue weighted by molar-refractivity contribution is 0.726. The number of hydrogen-bond donors (Lipinski definition) is 0. The Kier molecular flexibility index (Phi) is 7.68. The zero-order valence-corrected chi connectivity index (χ0v) is 31.4. The van der Waals surface area contributed by atoms with Gasteiger partial charge in [0, 0.05) is 43.9 Å². The van der Waals surface area contributed by atoms with Crippen molar-refractivity contribution >= 4 is 56.7 Å². The molecule has 0 N–H and O–H groups in total. The minimum Gasteiger partial charge on any atom is -0.310 e. The van der Waals surface area contributed by atoms with E-state index in [-0.39, 0.29) is 0 Å². The van der Waals surface area contributed by atoms with Crippen LogP contribution in [0, 0.1) is 0 Å². The third kappa shape index (κ3) is 4.98. The van der Waals surface area contributed by atoms with Crippen molar-refractivity contribution in [3.05, 3.63) is 241 Å². The van der Waals surface area contributed by atoms with E-state index in [0.29, 0.717) is 0 Å². The SMILES string of the molecule is c1ccc(N(c2ccccc2)c2ccc3c(c2)-c2ccc(N(c4ccccc4)c4ccccc4)cc2C32c3ccccc3Sc3c2ccc2ccccc32)cc1. The molecule has 0 bridgehead atoms. The summed E-state index contributed by atoms with van der Waals surface area (Å²) in [5.74, 6) is 0. The first-order chi connectivity index (χ1) is 27.8. The summed E-state index contributed by atoms with van der Waals surface area (Å²) in [5.41, 5.74) is 14.0. The van der Waals surface area contributed by atoms with Crippen molar-refractivity contribution in [2.45, 2.75) is 15.2 Å². The van der Waals surface area contributed by atoms with Crippen LogP contribution in [0.15, 0.2) is 228 Å². The van der Waals surface area contributed by atoms with Gasteiger partial charge in [-0.25, -0.2) is 0 Å². The molecule has 56 heavy (non-hydrogen) atoms. The number of benzene rings is 9. The minimum atomic E-state index is -0.552. The van der Waals surface area contributed by atoms with Crippen LogP contribution in [0.1, 0.15) is 22.3 Å². The highest BCUT2D eigenvalue weighted by molar-refractivity contribution is 7.99. The van der Waals surface area contributed by atoms with Crippen LogP contribution in [-0.2, 0) is 5.41 Å². The summed E-state index contributed by atoms with van der Waals surface area (Å²) in [6, 6.07) is 79.9. The number of rotatable bonds is 6. The Bertz CT molecular complexity index is 2810. The standard InChI is InChI=1S/C53H36N2S/c1-5-18-38(19-6-1)54(39-20-7-2-8-21-39)42-31-34-47-46(35-42)45-32-30-43(55(40-22-9-3-10-23-40)41-24-11-4-12-25-41)36-50(45)53(47)48-27-15-16-28-51(48)56-52-44-26-14-13-17-37(44)29-33-49(52)53/h1-36H. The predicted octanol–water partition coefficient (Wildman–Crippen LogP) is 14.6. The molecule has 0 aromatic heterocycles. The van der Waals surface area contributed by atoms with Gasteiger partial charge in [-0.05, 0) is 123 Å². The lowest BCUT2D eigenvalue weighted by atomic mass is 9.67. The summed E-state index contributed by atoms with van der Waals surface area (Å²) in [5, 5.41) is 2.55. The average molecular weight is 733 g/mol. The van der Waals surface area contributed by atoms with Crippen LogP contribution in [0.2, 0.25) is 0 Å². The van der Waals surface area contributed by atoms with Crippen molar-refractivity contribution in [3.63, 3.8) is 0 Å². The first kappa shape index (κ1) is 32.6. The molecular weight excluding hydrogens is 697 g/mol. The van der Waals surface area contributed by atoms with Crippen molar-refractivity contribution in [1.82, 2.24) is 0 Å². The fraction of sp³-hybridized carbons (Fsp3) is 0.0189. The molecular formula is C53H36N2S. The first-order valence-electron chi connectivity index (χ1n) is 19.2. The van der Waals surface area contributed by atoms with E-state index in [9.17, 15) is 0 Å². The monoisotopic (exact) mass is 732 g/mol. The quantitative estimate of drug-likeness (QED) is 0.168. The summed E-state index contributed by atoms with van der Waals surface area (Å²) in [4.78, 5) is 7.38. The normalized spacial score (nSPS) is 14.8. The third-order valence-corrected chi connectivity index (χ3v) is 12.7. The number of nitrogens with zero attached hydrogens (tertiary/aromatic N) is 2. The van der Waals surface area contributed by atoms with Crippen LogP contribution >= 0.6 is 11.8 Å². The maximum Gasteiger partial charge on any atom is 0.0736 e. The van der Waals surface area contributed by atoms with Crippen LogP contribution in [0.4, 0.5) is 34.1 Å². The van der Waals surface area contributed by atoms with Crippen LogP contribution < -0.4 is 9.80 Å². The molecule has 1 aliphatic carbocycles. The predicted molar refractivity (Wildman–Crippen MR) is 235 cm³/mol. The molecule has 9 aromatic rings. The Labute approximate surface area is 332 Å². The molecule has 0 radical (unpaired) electrons. The van der Waals surface area contributed by atoms with E-state index < -0.39 is 5.41 Å². The lowest BCUT2D eigenvalue weighted by Gasteiger charge is -2.40. The summed E-state index contributed by atoms with van der Waals surface area (Å²) in [7, 11) is 0. The molecule has 0 fully saturated rings. The van der Waals surface area contributed by atoms with Crippen molar-refractivity contribution < 1.29 is 0 Å². The fourth-order valence-corrected chi connectivity index (χ4v) is 10.5. The molecule has 1 unspecified atom stereocenters. The van der Waals surface area contributed by atoms with E-state index in [4.69, 9.17) is 0 Å². The minimum absolute atomic E-state index is 0.552. The first-order valence-corrected chi connectivity index (χ1v) is 20.0. The molecule has 2 nitrogen and oxygen atoms in total. The van der Waals surface area contributed by atoms with Gasteiger partial charge in [0.1, 0.15) is 0 Å². The van der Waals surface area contributed by atoms with E-state index in [1.807, 2.05) is 11.8 Å². The van der Waals surface area contributed by atoms with Gasteiger partial charge < -0.3 is 9.80 Å². The van der Waals surface area contributed by atoms with Crippen LogP contribution in [0.25, 0.3) is 21.9 Å². The summed E-state index contributed by atoms with van der Waals surface area (Å²) < 4.78 is 0. The Balaban J connectivity index is 1.23. The number of hydrogen-bond acceptors (Lipinski definition) is 3. The Morgan fingerprint density at radius 2 is 0.821 bits per heavy atom. The molecule has 0 amide bonds. The van der Waals surface area contributed by atoms with Crippen molar-refractivity contribution in [3.8, 4) is 11.1 Å². The van der Waals surface area contributed by atoms with Gasteiger partial charge in [0.05, 0.1) is 5.41 Å². The van der Waals surface area contributed by atoms with E-state index in [1.54, 1.807) is 0 Å². The van der Waals surface area contributed by atoms with Gasteiger partial charge in [-0.2, -0.15) is 0 Å². The smallest absolute Gasteiger partial charge is 0.0736 e. The molecule has 2 aliphatic rings. The van der Waals surface area contributed by atoms with Gasteiger partial charge in [-0.15, -0.1) is 0 Å². The van der Waals surface area contributed by atoms with E-state index in [0.717, 1.165) is 34.1 Å². The summed E-state index contributed by atoms with van der Waals surface area (Å²) >= 11 is 1.91. The second-order valence-corrected chi connectivity index (χ2v) is 15.5. The Morgan fingerprint density at radius 1 is 0.321 bits per heavy atom. The highest BCUT2D eigenvalue weighted by Crippen LogP contribution is 2.64. The highest BCUT2D eigenvalue weighted by Gasteiger charge is 2.51. The van der Waals surface area contributed by atoms with Crippen LogP contribution in [-0.4, -0.2) is 0 Å². The summed E-state index contributed by atoms with van der Waals surface area (Å²) in [6.45, 7) is 0. The second-order valence-electron chi connectivity index (χ2n) is 14.5. The van der Waals surface area contributed by atoms with Crippen molar-refractivity contribution in [2.24, 2.45) is 0 Å². The molecule has 1 atom stereocenters. The maximum atomic E-state index is 2.48. The third-order valence-electron chi connectivity index (χ3n) is 11.5. The molecule has 1 spiro atoms. The number of fused-ring (bicyclic) bond motifs is 11. The number of anilines is 6. The molecule has 264 valence electrons. The topological polar surface area (TPSA) is 6.48 Å². The van der Waals surface area contributed by atoms with E-state index >= 15 is 0 Å². The van der Waals surface area contributed by atoms with Crippen molar-refractivity contribution in [2.75, 3.05) is 9.80 Å². The zero-order chi connectivity index (χ0) is 37.1. The molecule has 1 aliphatic heterocycles. The van der Waals surface area contributed by atoms with Gasteiger partial charge in [-0.1, -0.05) is 151 Å². The van der Waals surface area contributed by atoms with Gasteiger partial charge in [0.2, 0.25) is 0 Å². The highest BCUT2D eigenvalue weighted by atomic mass is 32.2. The molecule has 3 heteroatoms. The second kappa shape index (κ2) is 13.2. The van der Waals surface area contributed by atoms with Gasteiger partial charge in [0.15, 0.2) is 0 Å². The largest absolute Gasteiger partial charge is 0.310 e. The van der Waals surface area contributed by atoms with Crippen LogP contribution in [0.3, 0.4) is 0 Å². The molecule has 11 rings (SSSR count). The Morgan fingerprint density at radius 3 is 1.45 bits per heavy atom. The Hall–Kier alpha value is -6.81. The molecule has 0 saturated heterocycles. The lowest BCUT2D eigenvalue weighted by Crippen LogP contribution is -2.32. The van der Waals surface area contributed by atoms with Gasteiger partial charge in [0.25, 0.3) is 0 Å².